The minimum atomic E-state index is 0.0972. The minimum Gasteiger partial charge on any atom is -0.257 e. The average molecular weight is 245 g/mol. The number of benzene rings is 1. The molecule has 0 spiro atoms. The van der Waals surface area contributed by atoms with Crippen LogP contribution in [0, 0.1) is 16.7 Å². The Morgan fingerprint density at radius 2 is 1.89 bits per heavy atom. The van der Waals surface area contributed by atoms with E-state index in [0.29, 0.717) is 11.5 Å². The molecule has 88 valence electrons. The quantitative estimate of drug-likeness (QED) is 0.780. The standard InChI is InChI=1S/C14H7N5/c15-7-12-13(8-16)19-14(18-12)11-6-5-9-3-1-2-4-10(9)17-11/h1-6,15H. The van der Waals surface area contributed by atoms with Gasteiger partial charge < -0.3 is 0 Å². The molecule has 0 bridgehead atoms. The van der Waals surface area contributed by atoms with Crippen molar-refractivity contribution in [2.75, 3.05) is 0 Å². The van der Waals surface area contributed by atoms with Gasteiger partial charge in [-0.3, -0.25) is 5.41 Å². The molecule has 1 aromatic carbocycles. The van der Waals surface area contributed by atoms with Gasteiger partial charge in [-0.2, -0.15) is 5.26 Å². The molecule has 2 aromatic rings. The summed E-state index contributed by atoms with van der Waals surface area (Å²) in [6.45, 7) is 0. The fourth-order valence-electron chi connectivity index (χ4n) is 1.81. The van der Waals surface area contributed by atoms with Gasteiger partial charge in [0.05, 0.1) is 5.52 Å². The van der Waals surface area contributed by atoms with E-state index < -0.39 is 0 Å². The van der Waals surface area contributed by atoms with Crippen LogP contribution in [0.1, 0.15) is 5.69 Å². The highest BCUT2D eigenvalue weighted by Gasteiger charge is 2.18. The van der Waals surface area contributed by atoms with Crippen molar-refractivity contribution in [1.29, 1.82) is 10.7 Å². The van der Waals surface area contributed by atoms with Gasteiger partial charge in [0.25, 0.3) is 0 Å². The molecule has 1 aliphatic rings. The molecule has 5 nitrogen and oxygen atoms in total. The van der Waals surface area contributed by atoms with Crippen molar-refractivity contribution in [2.45, 2.75) is 0 Å². The first-order valence-corrected chi connectivity index (χ1v) is 5.55. The third kappa shape index (κ3) is 1.82. The van der Waals surface area contributed by atoms with E-state index in [1.807, 2.05) is 36.4 Å². The van der Waals surface area contributed by atoms with E-state index in [1.54, 1.807) is 6.07 Å². The molecule has 1 N–H and O–H groups in total. The lowest BCUT2D eigenvalue weighted by Gasteiger charge is -1.99. The fourth-order valence-corrected chi connectivity index (χ4v) is 1.81. The average Bonchev–Trinajstić information content (AvgIpc) is 2.90. The van der Waals surface area contributed by atoms with E-state index in [2.05, 4.69) is 20.8 Å². The molecule has 1 aromatic heterocycles. The minimum absolute atomic E-state index is 0.0972. The van der Waals surface area contributed by atoms with Gasteiger partial charge in [0.1, 0.15) is 11.8 Å². The number of pyridine rings is 1. The highest BCUT2D eigenvalue weighted by atomic mass is 15.0. The van der Waals surface area contributed by atoms with Crippen molar-refractivity contribution < 1.29 is 0 Å². The molecular weight excluding hydrogens is 238 g/mol. The smallest absolute Gasteiger partial charge is 0.180 e. The Labute approximate surface area is 108 Å². The molecule has 5 heteroatoms. The Bertz CT molecular complexity index is 832. The van der Waals surface area contributed by atoms with Crippen LogP contribution in [0.15, 0.2) is 52.1 Å². The number of allylic oxidation sites excluding steroid dienone is 1. The highest BCUT2D eigenvalue weighted by Crippen LogP contribution is 2.16. The summed E-state index contributed by atoms with van der Waals surface area (Å²) >= 11 is 0. The molecule has 0 fully saturated rings. The maximum absolute atomic E-state index is 8.89. The third-order valence-corrected chi connectivity index (χ3v) is 2.71. The Balaban J connectivity index is 2.14. The first-order chi connectivity index (χ1) is 9.31. The molecule has 1 aliphatic heterocycles. The molecule has 0 saturated heterocycles. The number of nitrogens with one attached hydrogen (secondary N) is 1. The number of aromatic nitrogens is 1. The predicted octanol–water partition coefficient (Wildman–Crippen LogP) is 2.09. The number of hydrogen-bond donors (Lipinski definition) is 1. The molecule has 19 heavy (non-hydrogen) atoms. The van der Waals surface area contributed by atoms with Crippen LogP contribution in [0.5, 0.6) is 0 Å². The van der Waals surface area contributed by atoms with Gasteiger partial charge in [-0.15, -0.1) is 0 Å². The number of nitriles is 1. The second-order valence-electron chi connectivity index (χ2n) is 3.87. The van der Waals surface area contributed by atoms with Gasteiger partial charge in [0.2, 0.25) is 0 Å². The summed E-state index contributed by atoms with van der Waals surface area (Å²) in [5.41, 5.74) is 1.66. The maximum Gasteiger partial charge on any atom is 0.180 e. The lowest BCUT2D eigenvalue weighted by atomic mass is 10.2. The van der Waals surface area contributed by atoms with Gasteiger partial charge in [0.15, 0.2) is 17.2 Å². The van der Waals surface area contributed by atoms with Crippen LogP contribution >= 0.6 is 0 Å². The largest absolute Gasteiger partial charge is 0.257 e. The molecule has 0 radical (unpaired) electrons. The van der Waals surface area contributed by atoms with Crippen LogP contribution < -0.4 is 0 Å². The summed E-state index contributed by atoms with van der Waals surface area (Å²) in [5.74, 6) is 2.44. The van der Waals surface area contributed by atoms with Crippen molar-refractivity contribution in [3.05, 3.63) is 47.8 Å². The predicted molar refractivity (Wildman–Crippen MR) is 72.6 cm³/mol. The summed E-state index contributed by atoms with van der Waals surface area (Å²) in [4.78, 5) is 12.6. The number of amidine groups is 1. The van der Waals surface area contributed by atoms with Crippen molar-refractivity contribution in [2.24, 2.45) is 9.98 Å². The van der Waals surface area contributed by atoms with Gasteiger partial charge >= 0.3 is 0 Å². The Morgan fingerprint density at radius 3 is 2.63 bits per heavy atom. The SMILES string of the molecule is N#CC1=NC(c2ccc3ccccc3n2)=NC1=C=N. The lowest BCUT2D eigenvalue weighted by Crippen LogP contribution is -1.98. The Kier molecular flexibility index (Phi) is 2.49. The maximum atomic E-state index is 8.89. The van der Waals surface area contributed by atoms with Crippen LogP contribution in [0.2, 0.25) is 0 Å². The van der Waals surface area contributed by atoms with Gasteiger partial charge in [-0.1, -0.05) is 24.3 Å². The van der Waals surface area contributed by atoms with E-state index in [4.69, 9.17) is 10.7 Å². The highest BCUT2D eigenvalue weighted by molar-refractivity contribution is 6.26. The summed E-state index contributed by atoms with van der Waals surface area (Å²) < 4.78 is 0. The van der Waals surface area contributed by atoms with E-state index in [1.165, 1.54) is 0 Å². The zero-order valence-electron chi connectivity index (χ0n) is 9.75. The Hall–Kier alpha value is -3.09. The number of nitrogens with zero attached hydrogens (tertiary/aromatic N) is 4. The number of aliphatic imine (C=N–C) groups is 2. The van der Waals surface area contributed by atoms with Crippen molar-refractivity contribution in [3.63, 3.8) is 0 Å². The zero-order valence-corrected chi connectivity index (χ0v) is 9.75. The summed E-state index contributed by atoms with van der Waals surface area (Å²) in [6, 6.07) is 13.3. The number of para-hydroxylation sites is 1. The van der Waals surface area contributed by atoms with Crippen LogP contribution in [-0.4, -0.2) is 22.4 Å². The lowest BCUT2D eigenvalue weighted by molar-refractivity contribution is 1.34. The molecule has 0 aliphatic carbocycles. The number of fused-ring (bicyclic) bond motifs is 1. The van der Waals surface area contributed by atoms with Gasteiger partial charge in [-0.05, 0) is 12.1 Å². The molecule has 0 atom stereocenters. The normalized spacial score (nSPS) is 13.7. The van der Waals surface area contributed by atoms with Crippen molar-refractivity contribution in [3.8, 4) is 6.07 Å². The first-order valence-electron chi connectivity index (χ1n) is 5.55. The summed E-state index contributed by atoms with van der Waals surface area (Å²) in [7, 11) is 0. The molecule has 3 rings (SSSR count). The molecular formula is C14H7N5. The van der Waals surface area contributed by atoms with E-state index in [0.717, 1.165) is 10.9 Å². The topological polar surface area (TPSA) is 85.2 Å². The summed E-state index contributed by atoms with van der Waals surface area (Å²) in [5, 5.41) is 17.0. The van der Waals surface area contributed by atoms with E-state index >= 15 is 0 Å². The first kappa shape index (κ1) is 11.0. The zero-order chi connectivity index (χ0) is 13.2. The number of hydrogen-bond acceptors (Lipinski definition) is 5. The van der Waals surface area contributed by atoms with Crippen LogP contribution in [0.3, 0.4) is 0 Å². The summed E-state index contributed by atoms with van der Waals surface area (Å²) in [6.07, 6.45) is 0. The van der Waals surface area contributed by atoms with Crippen LogP contribution in [0.25, 0.3) is 10.9 Å². The number of rotatable bonds is 1. The third-order valence-electron chi connectivity index (χ3n) is 2.71. The van der Waals surface area contributed by atoms with Crippen molar-refractivity contribution >= 4 is 28.3 Å². The van der Waals surface area contributed by atoms with E-state index in [9.17, 15) is 0 Å². The van der Waals surface area contributed by atoms with Crippen LogP contribution in [0.4, 0.5) is 0 Å². The fraction of sp³-hybridized carbons (Fsp3) is 0. The molecule has 0 saturated carbocycles. The van der Waals surface area contributed by atoms with Gasteiger partial charge in [-0.25, -0.2) is 15.0 Å². The van der Waals surface area contributed by atoms with Crippen molar-refractivity contribution in [1.82, 2.24) is 4.98 Å². The van der Waals surface area contributed by atoms with Crippen LogP contribution in [-0.2, 0) is 0 Å². The molecule has 0 amide bonds. The van der Waals surface area contributed by atoms with Gasteiger partial charge in [0, 0.05) is 11.3 Å². The monoisotopic (exact) mass is 245 g/mol. The van der Waals surface area contributed by atoms with E-state index in [-0.39, 0.29) is 11.4 Å². The Morgan fingerprint density at radius 1 is 1.05 bits per heavy atom. The second-order valence-corrected chi connectivity index (χ2v) is 3.87. The molecule has 2 heterocycles. The second kappa shape index (κ2) is 4.30. The molecule has 0 unspecified atom stereocenters.